The van der Waals surface area contributed by atoms with Gasteiger partial charge in [-0.05, 0) is 31.0 Å². The number of ether oxygens (including phenoxy) is 1. The van der Waals surface area contributed by atoms with Crippen LogP contribution in [-0.2, 0) is 20.7 Å². The molecular weight excluding hydrogens is 430 g/mol. The molecular formula is C28H25NO5. The maximum atomic E-state index is 13.5. The van der Waals surface area contributed by atoms with Crippen molar-refractivity contribution in [3.63, 3.8) is 0 Å². The Labute approximate surface area is 196 Å². The molecule has 1 N–H and O–H groups in total. The van der Waals surface area contributed by atoms with Crippen LogP contribution in [0.3, 0.4) is 0 Å². The Balaban J connectivity index is 1.55. The number of nitrogens with one attached hydrogen (secondary N) is 1. The molecule has 6 heteroatoms. The summed E-state index contributed by atoms with van der Waals surface area (Å²) < 4.78 is 11.4. The summed E-state index contributed by atoms with van der Waals surface area (Å²) in [6, 6.07) is 16.7. The second kappa shape index (κ2) is 9.14. The number of Topliss-reactive ketones (excluding diaryl/α,β-unsaturated/α-hetero) is 1. The fourth-order valence-corrected chi connectivity index (χ4v) is 4.91. The largest absolute Gasteiger partial charge is 0.464 e. The minimum absolute atomic E-state index is 0.00959. The maximum absolute atomic E-state index is 13.5. The lowest BCUT2D eigenvalue weighted by atomic mass is 9.71. The summed E-state index contributed by atoms with van der Waals surface area (Å²) in [4.78, 5) is 39.9. The second-order valence-electron chi connectivity index (χ2n) is 8.67. The normalized spacial score (nSPS) is 19.9. The molecule has 0 spiro atoms. The van der Waals surface area contributed by atoms with E-state index in [-0.39, 0.29) is 17.8 Å². The van der Waals surface area contributed by atoms with Crippen LogP contribution in [0.25, 0.3) is 11.0 Å². The van der Waals surface area contributed by atoms with Gasteiger partial charge >= 0.3 is 5.97 Å². The van der Waals surface area contributed by atoms with Crippen LogP contribution in [-0.4, -0.2) is 18.4 Å². The topological polar surface area (TPSA) is 85.6 Å². The molecule has 0 radical (unpaired) electrons. The first-order valence-corrected chi connectivity index (χ1v) is 11.5. The second-order valence-corrected chi connectivity index (χ2v) is 8.67. The fourth-order valence-electron chi connectivity index (χ4n) is 4.91. The van der Waals surface area contributed by atoms with E-state index in [9.17, 15) is 14.4 Å². The van der Waals surface area contributed by atoms with Gasteiger partial charge in [-0.3, -0.25) is 9.59 Å². The van der Waals surface area contributed by atoms with Crippen LogP contribution in [0.15, 0.2) is 93.1 Å². The van der Waals surface area contributed by atoms with Crippen LogP contribution in [0.1, 0.15) is 36.8 Å². The highest BCUT2D eigenvalue weighted by atomic mass is 16.5. The van der Waals surface area contributed by atoms with Crippen molar-refractivity contribution in [3.8, 4) is 0 Å². The molecule has 6 nitrogen and oxygen atoms in total. The van der Waals surface area contributed by atoms with Crippen molar-refractivity contribution in [1.82, 2.24) is 5.32 Å². The monoisotopic (exact) mass is 455 g/mol. The van der Waals surface area contributed by atoms with E-state index >= 15 is 0 Å². The molecule has 1 aliphatic carbocycles. The Kier molecular flexibility index (Phi) is 5.88. The molecule has 1 aliphatic heterocycles. The van der Waals surface area contributed by atoms with Crippen molar-refractivity contribution >= 4 is 22.7 Å². The third-order valence-electron chi connectivity index (χ3n) is 6.55. The molecule has 0 amide bonds. The SMILES string of the molecule is CC1=C(C(=O)OCCc2ccccc2)C(c2coc3ccccc3c2=O)C2C(=O)CCC=C2N1. The van der Waals surface area contributed by atoms with E-state index in [2.05, 4.69) is 5.32 Å². The zero-order chi connectivity index (χ0) is 23.7. The van der Waals surface area contributed by atoms with Crippen molar-refractivity contribution < 1.29 is 18.7 Å². The lowest BCUT2D eigenvalue weighted by Gasteiger charge is -2.37. The molecule has 2 heterocycles. The van der Waals surface area contributed by atoms with Crippen LogP contribution in [0.4, 0.5) is 0 Å². The molecule has 2 aliphatic rings. The zero-order valence-corrected chi connectivity index (χ0v) is 18.9. The molecule has 34 heavy (non-hydrogen) atoms. The quantitative estimate of drug-likeness (QED) is 0.574. The van der Waals surface area contributed by atoms with Crippen LogP contribution in [0, 0.1) is 5.92 Å². The number of fused-ring (bicyclic) bond motifs is 2. The van der Waals surface area contributed by atoms with Crippen molar-refractivity contribution in [2.75, 3.05) is 6.61 Å². The number of ketones is 1. The van der Waals surface area contributed by atoms with Gasteiger partial charge in [0.05, 0.1) is 29.7 Å². The van der Waals surface area contributed by atoms with Crippen LogP contribution in [0.5, 0.6) is 0 Å². The Hall–Kier alpha value is -3.93. The maximum Gasteiger partial charge on any atom is 0.336 e. The Bertz CT molecular complexity index is 1380. The minimum Gasteiger partial charge on any atom is -0.464 e. The van der Waals surface area contributed by atoms with E-state index in [4.69, 9.17) is 9.15 Å². The Morgan fingerprint density at radius 3 is 2.65 bits per heavy atom. The molecule has 2 unspecified atom stereocenters. The first-order valence-electron chi connectivity index (χ1n) is 11.5. The molecule has 0 saturated carbocycles. The van der Waals surface area contributed by atoms with Crippen LogP contribution >= 0.6 is 0 Å². The standard InChI is InChI=1S/C28H25NO5/c1-17-24(28(32)33-15-14-18-8-3-2-4-9-18)25(26-21(29-17)11-7-12-22(26)30)20-16-34-23-13-6-5-10-19(23)27(20)31/h2-6,8-11,13,16,25-26,29H,7,12,14-15H2,1H3. The lowest BCUT2D eigenvalue weighted by molar-refractivity contribution is -0.139. The summed E-state index contributed by atoms with van der Waals surface area (Å²) in [5.41, 5.74) is 3.18. The van der Waals surface area contributed by atoms with Gasteiger partial charge in [-0.1, -0.05) is 48.5 Å². The van der Waals surface area contributed by atoms with Crippen LogP contribution < -0.4 is 10.7 Å². The molecule has 0 bridgehead atoms. The molecule has 0 saturated heterocycles. The average molecular weight is 456 g/mol. The van der Waals surface area contributed by atoms with Gasteiger partial charge in [-0.25, -0.2) is 4.79 Å². The summed E-state index contributed by atoms with van der Waals surface area (Å²) in [5, 5.41) is 3.65. The lowest BCUT2D eigenvalue weighted by Crippen LogP contribution is -2.42. The van der Waals surface area contributed by atoms with Crippen molar-refractivity contribution in [2.45, 2.75) is 32.1 Å². The summed E-state index contributed by atoms with van der Waals surface area (Å²) in [5.74, 6) is -1.97. The van der Waals surface area contributed by atoms with E-state index in [1.165, 1.54) is 6.26 Å². The zero-order valence-electron chi connectivity index (χ0n) is 18.9. The van der Waals surface area contributed by atoms with Gasteiger partial charge in [0.1, 0.15) is 11.4 Å². The van der Waals surface area contributed by atoms with Crippen molar-refractivity contribution in [3.05, 3.63) is 105 Å². The summed E-state index contributed by atoms with van der Waals surface area (Å²) in [6.45, 7) is 1.97. The predicted octanol–water partition coefficient (Wildman–Crippen LogP) is 4.40. The average Bonchev–Trinajstić information content (AvgIpc) is 2.84. The Morgan fingerprint density at radius 1 is 1.06 bits per heavy atom. The summed E-state index contributed by atoms with van der Waals surface area (Å²) in [7, 11) is 0. The van der Waals surface area contributed by atoms with E-state index < -0.39 is 17.8 Å². The first-order chi connectivity index (χ1) is 16.5. The molecule has 1 aromatic heterocycles. The van der Waals surface area contributed by atoms with E-state index in [1.807, 2.05) is 36.4 Å². The smallest absolute Gasteiger partial charge is 0.336 e. The predicted molar refractivity (Wildman–Crippen MR) is 128 cm³/mol. The third-order valence-corrected chi connectivity index (χ3v) is 6.55. The molecule has 2 aromatic carbocycles. The molecule has 0 fully saturated rings. The number of para-hydroxylation sites is 1. The number of esters is 1. The van der Waals surface area contributed by atoms with Gasteiger partial charge in [-0.2, -0.15) is 0 Å². The Morgan fingerprint density at radius 2 is 1.82 bits per heavy atom. The number of benzene rings is 2. The van der Waals surface area contributed by atoms with Gasteiger partial charge in [0.2, 0.25) is 0 Å². The highest BCUT2D eigenvalue weighted by molar-refractivity contribution is 5.96. The summed E-state index contributed by atoms with van der Waals surface area (Å²) >= 11 is 0. The van der Waals surface area contributed by atoms with Gasteiger partial charge in [0.15, 0.2) is 5.43 Å². The molecule has 2 atom stereocenters. The fraction of sp³-hybridized carbons (Fsp3) is 0.250. The highest BCUT2D eigenvalue weighted by Gasteiger charge is 2.44. The number of carbonyl (C=O) groups excluding carboxylic acids is 2. The van der Waals surface area contributed by atoms with Crippen molar-refractivity contribution in [1.29, 1.82) is 0 Å². The van der Waals surface area contributed by atoms with E-state index in [0.29, 0.717) is 47.1 Å². The molecule has 5 rings (SSSR count). The van der Waals surface area contributed by atoms with Gasteiger partial charge in [0.25, 0.3) is 0 Å². The molecule has 172 valence electrons. The van der Waals surface area contributed by atoms with Crippen LogP contribution in [0.2, 0.25) is 0 Å². The van der Waals surface area contributed by atoms with E-state index in [0.717, 1.165) is 11.3 Å². The number of carbonyl (C=O) groups is 2. The number of rotatable bonds is 5. The summed E-state index contributed by atoms with van der Waals surface area (Å²) in [6.07, 6.45) is 4.93. The number of hydrogen-bond donors (Lipinski definition) is 1. The van der Waals surface area contributed by atoms with Gasteiger partial charge in [0, 0.05) is 35.7 Å². The minimum atomic E-state index is -0.773. The third kappa shape index (κ3) is 3.96. The van der Waals surface area contributed by atoms with E-state index in [1.54, 1.807) is 31.2 Å². The number of allylic oxidation sites excluding steroid dienone is 3. The first kappa shape index (κ1) is 21.9. The molecule has 3 aromatic rings. The van der Waals surface area contributed by atoms with Gasteiger partial charge in [-0.15, -0.1) is 0 Å². The van der Waals surface area contributed by atoms with Crippen molar-refractivity contribution in [2.24, 2.45) is 5.92 Å². The highest BCUT2D eigenvalue weighted by Crippen LogP contribution is 2.43. The van der Waals surface area contributed by atoms with Gasteiger partial charge < -0.3 is 14.5 Å². The number of hydrogen-bond acceptors (Lipinski definition) is 6.